The first kappa shape index (κ1) is 38.2. The minimum Gasteiger partial charge on any atom is -0.496 e. The zero-order chi connectivity index (χ0) is 35.8. The molecule has 0 radical (unpaired) electrons. The molecule has 1 fully saturated rings. The van der Waals surface area contributed by atoms with E-state index in [1.807, 2.05) is 36.4 Å². The molecular weight excluding hydrogens is 666 g/mol. The van der Waals surface area contributed by atoms with Crippen LogP contribution in [0.15, 0.2) is 69.5 Å². The normalized spacial score (nSPS) is 13.7. The van der Waals surface area contributed by atoms with Crippen molar-refractivity contribution in [2.45, 2.75) is 31.8 Å². The SMILES string of the molecule is COc1cc(OC)c(C2CCN(C[C@H](O)COc3cccc4oc(-c5nnc(C)o5)cc34)CC2)c(OC)c1.O.O=C(O)c1ccc(C(=O)O)cc1. The van der Waals surface area contributed by atoms with E-state index >= 15 is 0 Å². The number of aliphatic hydroxyl groups is 1. The van der Waals surface area contributed by atoms with Crippen molar-refractivity contribution in [3.05, 3.63) is 83.2 Å². The van der Waals surface area contributed by atoms with Crippen LogP contribution in [0.3, 0.4) is 0 Å². The zero-order valence-corrected chi connectivity index (χ0v) is 28.6. The fourth-order valence-corrected chi connectivity index (χ4v) is 5.79. The molecule has 1 atom stereocenters. The smallest absolute Gasteiger partial charge is 0.335 e. The molecule has 0 spiro atoms. The van der Waals surface area contributed by atoms with Gasteiger partial charge in [-0.1, -0.05) is 6.07 Å². The number of methoxy groups -OCH3 is 3. The minimum atomic E-state index is -1.06. The van der Waals surface area contributed by atoms with E-state index in [2.05, 4.69) is 15.1 Å². The van der Waals surface area contributed by atoms with Gasteiger partial charge in [0.25, 0.3) is 5.89 Å². The molecule has 5 aromatic rings. The molecule has 0 saturated carbocycles. The predicted octanol–water partition coefficient (Wildman–Crippen LogP) is 4.69. The molecule has 272 valence electrons. The van der Waals surface area contributed by atoms with Crippen LogP contribution in [-0.4, -0.2) is 102 Å². The fourth-order valence-electron chi connectivity index (χ4n) is 5.79. The first-order valence-corrected chi connectivity index (χ1v) is 15.8. The summed E-state index contributed by atoms with van der Waals surface area (Å²) in [7, 11) is 4.96. The van der Waals surface area contributed by atoms with Gasteiger partial charge < -0.3 is 53.5 Å². The van der Waals surface area contributed by atoms with E-state index in [1.165, 1.54) is 24.3 Å². The number of piperidine rings is 1. The van der Waals surface area contributed by atoms with E-state index in [1.54, 1.807) is 28.3 Å². The number of fused-ring (bicyclic) bond motifs is 1. The molecule has 3 aromatic carbocycles. The van der Waals surface area contributed by atoms with Crippen LogP contribution in [0.25, 0.3) is 22.6 Å². The number of carbonyl (C=O) groups is 2. The number of likely N-dealkylation sites (tertiary alicyclic amines) is 1. The minimum absolute atomic E-state index is 0. The molecule has 0 bridgehead atoms. The van der Waals surface area contributed by atoms with Gasteiger partial charge in [0.05, 0.1) is 37.8 Å². The molecule has 0 amide bonds. The third-order valence-electron chi connectivity index (χ3n) is 8.29. The summed E-state index contributed by atoms with van der Waals surface area (Å²) in [6, 6.07) is 16.2. The molecule has 0 unspecified atom stereocenters. The molecule has 15 heteroatoms. The molecule has 0 aliphatic carbocycles. The number of aromatic carboxylic acids is 2. The summed E-state index contributed by atoms with van der Waals surface area (Å²) in [5.74, 6) is 2.32. The van der Waals surface area contributed by atoms with Crippen LogP contribution >= 0.6 is 0 Å². The molecule has 51 heavy (non-hydrogen) atoms. The third kappa shape index (κ3) is 9.33. The second-order valence-electron chi connectivity index (χ2n) is 11.6. The van der Waals surface area contributed by atoms with Crippen molar-refractivity contribution in [2.24, 2.45) is 0 Å². The van der Waals surface area contributed by atoms with Gasteiger partial charge in [-0.2, -0.15) is 0 Å². The van der Waals surface area contributed by atoms with Crippen LogP contribution < -0.4 is 18.9 Å². The van der Waals surface area contributed by atoms with Crippen molar-refractivity contribution >= 4 is 22.9 Å². The second-order valence-corrected chi connectivity index (χ2v) is 11.6. The highest BCUT2D eigenvalue weighted by atomic mass is 16.5. The lowest BCUT2D eigenvalue weighted by Crippen LogP contribution is -2.40. The lowest BCUT2D eigenvalue weighted by molar-refractivity contribution is 0.0596. The number of rotatable bonds is 12. The van der Waals surface area contributed by atoms with Crippen LogP contribution in [0.2, 0.25) is 0 Å². The molecule has 15 nitrogen and oxygen atoms in total. The van der Waals surface area contributed by atoms with E-state index in [0.29, 0.717) is 47.1 Å². The van der Waals surface area contributed by atoms with Gasteiger partial charge >= 0.3 is 11.9 Å². The maximum atomic E-state index is 10.7. The Labute approximate surface area is 293 Å². The van der Waals surface area contributed by atoms with E-state index in [-0.39, 0.29) is 23.2 Å². The maximum absolute atomic E-state index is 10.7. The van der Waals surface area contributed by atoms with Gasteiger partial charge in [0.2, 0.25) is 5.89 Å². The number of aliphatic hydroxyl groups excluding tert-OH is 1. The molecule has 1 aliphatic heterocycles. The summed E-state index contributed by atoms with van der Waals surface area (Å²) in [4.78, 5) is 22.9. The Hall–Kier alpha value is -5.64. The van der Waals surface area contributed by atoms with Crippen LogP contribution in [0.1, 0.15) is 50.9 Å². The Morgan fingerprint density at radius 3 is 1.98 bits per heavy atom. The summed E-state index contributed by atoms with van der Waals surface area (Å²) in [6.45, 7) is 4.12. The van der Waals surface area contributed by atoms with Gasteiger partial charge in [-0.15, -0.1) is 10.2 Å². The number of aryl methyl sites for hydroxylation is 1. The summed E-state index contributed by atoms with van der Waals surface area (Å²) >= 11 is 0. The summed E-state index contributed by atoms with van der Waals surface area (Å²) in [5.41, 5.74) is 1.89. The number of nitrogens with zero attached hydrogens (tertiary/aromatic N) is 3. The number of ether oxygens (including phenoxy) is 4. The molecule has 1 saturated heterocycles. The van der Waals surface area contributed by atoms with Crippen LogP contribution in [-0.2, 0) is 0 Å². The van der Waals surface area contributed by atoms with E-state index < -0.39 is 18.0 Å². The molecule has 6 rings (SSSR count). The van der Waals surface area contributed by atoms with Crippen molar-refractivity contribution in [2.75, 3.05) is 47.6 Å². The standard InChI is InChI=1S/C28H33N3O7.C8H6O4.H2O/c1-17-29-30-28(37-17)26-14-21-22(6-5-7-23(21)38-26)36-16-19(32)15-31-10-8-18(9-11-31)27-24(34-3)12-20(33-2)13-25(27)35-4;9-7(10)5-1-2-6(4-3-5)8(11)12;/h5-7,12-14,18-19,32H,8-11,15-16H2,1-4H3;1-4H,(H,9,10)(H,11,12);1H2/t19-;;/m0../s1. The first-order chi connectivity index (χ1) is 24.1. The van der Waals surface area contributed by atoms with Crippen molar-refractivity contribution in [3.8, 4) is 34.6 Å². The lowest BCUT2D eigenvalue weighted by atomic mass is 9.87. The Morgan fingerprint density at radius 1 is 0.863 bits per heavy atom. The van der Waals surface area contributed by atoms with Crippen molar-refractivity contribution in [3.63, 3.8) is 0 Å². The zero-order valence-electron chi connectivity index (χ0n) is 28.6. The molecular formula is C36H41N3O12. The molecule has 3 heterocycles. The lowest BCUT2D eigenvalue weighted by Gasteiger charge is -2.34. The van der Waals surface area contributed by atoms with Gasteiger partial charge in [0.15, 0.2) is 5.76 Å². The highest BCUT2D eigenvalue weighted by molar-refractivity contribution is 5.91. The number of carboxylic acids is 2. The van der Waals surface area contributed by atoms with Gasteiger partial charge in [-0.3, -0.25) is 0 Å². The molecule has 2 aromatic heterocycles. The Balaban J connectivity index is 0.000000382. The Morgan fingerprint density at radius 2 is 1.47 bits per heavy atom. The monoisotopic (exact) mass is 707 g/mol. The Kier molecular flexibility index (Phi) is 13.0. The number of carboxylic acid groups (broad SMARTS) is 2. The topological polar surface area (TPSA) is 219 Å². The maximum Gasteiger partial charge on any atom is 0.335 e. The average Bonchev–Trinajstić information content (AvgIpc) is 3.77. The van der Waals surface area contributed by atoms with E-state index in [9.17, 15) is 14.7 Å². The number of aromatic nitrogens is 2. The molecule has 5 N–H and O–H groups in total. The highest BCUT2D eigenvalue weighted by Crippen LogP contribution is 2.43. The fraction of sp³-hybridized carbons (Fsp3) is 0.333. The molecule has 1 aliphatic rings. The first-order valence-electron chi connectivity index (χ1n) is 15.8. The van der Waals surface area contributed by atoms with Crippen LogP contribution in [0.5, 0.6) is 23.0 Å². The van der Waals surface area contributed by atoms with Gasteiger partial charge in [-0.25, -0.2) is 9.59 Å². The quantitative estimate of drug-likeness (QED) is 0.160. The van der Waals surface area contributed by atoms with Gasteiger partial charge in [-0.05, 0) is 68.2 Å². The van der Waals surface area contributed by atoms with Gasteiger partial charge in [0, 0.05) is 37.2 Å². The van der Waals surface area contributed by atoms with Crippen LogP contribution in [0.4, 0.5) is 0 Å². The largest absolute Gasteiger partial charge is 0.496 e. The summed E-state index contributed by atoms with van der Waals surface area (Å²) < 4.78 is 34.0. The number of benzene rings is 3. The van der Waals surface area contributed by atoms with Crippen molar-refractivity contribution in [1.82, 2.24) is 15.1 Å². The number of β-amino-alcohol motifs (C(OH)–C–C–N with tert-alkyl or cyclic N) is 1. The average molecular weight is 708 g/mol. The number of hydrogen-bond donors (Lipinski definition) is 3. The van der Waals surface area contributed by atoms with Crippen molar-refractivity contribution in [1.29, 1.82) is 0 Å². The van der Waals surface area contributed by atoms with Gasteiger partial charge in [0.1, 0.15) is 41.3 Å². The predicted molar refractivity (Wildman–Crippen MR) is 184 cm³/mol. The summed E-state index contributed by atoms with van der Waals surface area (Å²) in [5, 5.41) is 36.3. The van der Waals surface area contributed by atoms with E-state index in [0.717, 1.165) is 48.4 Å². The third-order valence-corrected chi connectivity index (χ3v) is 8.29. The summed E-state index contributed by atoms with van der Waals surface area (Å²) in [6.07, 6.45) is 1.22. The van der Waals surface area contributed by atoms with Crippen LogP contribution in [0, 0.1) is 6.92 Å². The number of hydrogen-bond acceptors (Lipinski definition) is 12. The second kappa shape index (κ2) is 17.3. The van der Waals surface area contributed by atoms with Crippen molar-refractivity contribution < 1.29 is 58.2 Å². The Bertz CT molecular complexity index is 1850. The highest BCUT2D eigenvalue weighted by Gasteiger charge is 2.28. The van der Waals surface area contributed by atoms with E-state index in [4.69, 9.17) is 38.0 Å². The number of furan rings is 1.